The Morgan fingerprint density at radius 1 is 1.37 bits per heavy atom. The fourth-order valence-corrected chi connectivity index (χ4v) is 4.15. The zero-order valence-corrected chi connectivity index (χ0v) is 16.9. The van der Waals surface area contributed by atoms with Crippen molar-refractivity contribution in [2.24, 2.45) is 11.7 Å². The van der Waals surface area contributed by atoms with Gasteiger partial charge in [-0.15, -0.1) is 0 Å². The number of alkyl halides is 3. The van der Waals surface area contributed by atoms with Crippen LogP contribution < -0.4 is 5.73 Å². The molecule has 0 radical (unpaired) electrons. The number of halogens is 3. The van der Waals surface area contributed by atoms with Crippen molar-refractivity contribution in [1.29, 1.82) is 0 Å². The number of hydrogen-bond acceptors (Lipinski definition) is 5. The minimum absolute atomic E-state index is 0.00217. The summed E-state index contributed by atoms with van der Waals surface area (Å²) in [5.41, 5.74) is 4.69. The minimum atomic E-state index is -4.80. The Balaban J connectivity index is 1.86. The molecule has 3 rings (SSSR count). The van der Waals surface area contributed by atoms with E-state index in [1.54, 1.807) is 4.90 Å². The molecule has 2 unspecified atom stereocenters. The van der Waals surface area contributed by atoms with Gasteiger partial charge in [-0.05, 0) is 56.7 Å². The monoisotopic (exact) mass is 425 g/mol. The predicted octanol–water partition coefficient (Wildman–Crippen LogP) is 3.57. The van der Waals surface area contributed by atoms with Gasteiger partial charge in [0, 0.05) is 23.5 Å². The van der Waals surface area contributed by atoms with E-state index < -0.39 is 23.7 Å². The lowest BCUT2D eigenvalue weighted by atomic mass is 9.94. The molecular formula is C21H26F3N3O3. The van der Waals surface area contributed by atoms with E-state index >= 15 is 0 Å². The standard InChI is InChI=1S/C21H26F3N3O3/c1-3-16(25)20(30)27-10-12(8-11(27)2)4-6-14-15-9-13(28)5-7-17(15)26-19(18(14)29)21(22,23)24/h5,7,9,11-12,16,28-29H,3-4,6,8,10,25H2,1-2H3/t11?,12?,16-/m0/s1. The molecule has 30 heavy (non-hydrogen) atoms. The van der Waals surface area contributed by atoms with E-state index in [2.05, 4.69) is 4.98 Å². The number of aryl methyl sites for hydroxylation is 1. The lowest BCUT2D eigenvalue weighted by Crippen LogP contribution is -2.45. The van der Waals surface area contributed by atoms with Crippen molar-refractivity contribution in [2.75, 3.05) is 6.54 Å². The average Bonchev–Trinajstić information content (AvgIpc) is 3.05. The van der Waals surface area contributed by atoms with Crippen molar-refractivity contribution in [1.82, 2.24) is 9.88 Å². The second kappa shape index (κ2) is 8.29. The van der Waals surface area contributed by atoms with Gasteiger partial charge < -0.3 is 20.8 Å². The maximum absolute atomic E-state index is 13.3. The third-order valence-electron chi connectivity index (χ3n) is 5.82. The van der Waals surface area contributed by atoms with Gasteiger partial charge in [-0.2, -0.15) is 13.2 Å². The molecule has 1 aliphatic heterocycles. The van der Waals surface area contributed by atoms with Crippen LogP contribution in [-0.2, 0) is 17.4 Å². The van der Waals surface area contributed by atoms with Crippen LogP contribution in [-0.4, -0.2) is 44.6 Å². The van der Waals surface area contributed by atoms with Crippen LogP contribution >= 0.6 is 0 Å². The average molecular weight is 425 g/mol. The van der Waals surface area contributed by atoms with Gasteiger partial charge in [-0.25, -0.2) is 4.98 Å². The summed E-state index contributed by atoms with van der Waals surface area (Å²) < 4.78 is 40.0. The fourth-order valence-electron chi connectivity index (χ4n) is 4.15. The minimum Gasteiger partial charge on any atom is -0.508 e. The number of carbonyl (C=O) groups excluding carboxylic acids is 1. The maximum Gasteiger partial charge on any atom is 0.437 e. The first-order chi connectivity index (χ1) is 14.0. The normalized spacial score (nSPS) is 20.7. The first-order valence-electron chi connectivity index (χ1n) is 10.0. The Bertz CT molecular complexity index is 948. The van der Waals surface area contributed by atoms with Crippen LogP contribution in [0.3, 0.4) is 0 Å². The Morgan fingerprint density at radius 3 is 2.70 bits per heavy atom. The van der Waals surface area contributed by atoms with Gasteiger partial charge in [0.25, 0.3) is 0 Å². The maximum atomic E-state index is 13.3. The Morgan fingerprint density at radius 2 is 2.07 bits per heavy atom. The van der Waals surface area contributed by atoms with Crippen molar-refractivity contribution >= 4 is 16.8 Å². The smallest absolute Gasteiger partial charge is 0.437 e. The van der Waals surface area contributed by atoms with Crippen LogP contribution in [0.1, 0.15) is 44.4 Å². The van der Waals surface area contributed by atoms with Crippen LogP contribution in [0.15, 0.2) is 18.2 Å². The highest BCUT2D eigenvalue weighted by Crippen LogP contribution is 2.41. The summed E-state index contributed by atoms with van der Waals surface area (Å²) in [6, 6.07) is 3.31. The molecule has 1 amide bonds. The number of carbonyl (C=O) groups is 1. The number of hydrogen-bond donors (Lipinski definition) is 3. The summed E-state index contributed by atoms with van der Waals surface area (Å²) in [6.45, 7) is 4.25. The van der Waals surface area contributed by atoms with E-state index in [0.717, 1.165) is 0 Å². The molecule has 0 saturated carbocycles. The van der Waals surface area contributed by atoms with Crippen molar-refractivity contribution in [3.05, 3.63) is 29.5 Å². The number of phenols is 1. The lowest BCUT2D eigenvalue weighted by Gasteiger charge is -2.24. The van der Waals surface area contributed by atoms with Gasteiger partial charge in [0.15, 0.2) is 5.69 Å². The predicted molar refractivity (Wildman–Crippen MR) is 106 cm³/mol. The number of aromatic hydroxyl groups is 2. The molecule has 0 spiro atoms. The number of benzene rings is 1. The summed E-state index contributed by atoms with van der Waals surface area (Å²) in [7, 11) is 0. The number of nitrogens with zero attached hydrogens (tertiary/aromatic N) is 2. The van der Waals surface area contributed by atoms with Crippen LogP contribution in [0.5, 0.6) is 11.5 Å². The topological polar surface area (TPSA) is 99.7 Å². The summed E-state index contributed by atoms with van der Waals surface area (Å²) >= 11 is 0. The summed E-state index contributed by atoms with van der Waals surface area (Å²) in [5, 5.41) is 20.4. The van der Waals surface area contributed by atoms with Crippen molar-refractivity contribution in [3.8, 4) is 11.5 Å². The number of amides is 1. The second-order valence-electron chi connectivity index (χ2n) is 7.98. The summed E-state index contributed by atoms with van der Waals surface area (Å²) in [5.74, 6) is -1.08. The van der Waals surface area contributed by atoms with Crippen LogP contribution in [0.25, 0.3) is 10.9 Å². The largest absolute Gasteiger partial charge is 0.508 e. The second-order valence-corrected chi connectivity index (χ2v) is 7.98. The third-order valence-corrected chi connectivity index (χ3v) is 5.82. The molecule has 1 aromatic carbocycles. The zero-order chi connectivity index (χ0) is 22.2. The van der Waals surface area contributed by atoms with Gasteiger partial charge in [0.1, 0.15) is 11.5 Å². The van der Waals surface area contributed by atoms with Crippen LogP contribution in [0, 0.1) is 5.92 Å². The highest BCUT2D eigenvalue weighted by Gasteiger charge is 2.38. The number of nitrogens with two attached hydrogens (primary N) is 1. The molecule has 1 fully saturated rings. The fraction of sp³-hybridized carbons (Fsp3) is 0.524. The van der Waals surface area contributed by atoms with Gasteiger partial charge in [-0.1, -0.05) is 6.92 Å². The Labute approximate surface area is 172 Å². The number of phenolic OH excluding ortho intramolecular Hbond substituents is 1. The van der Waals surface area contributed by atoms with E-state index in [9.17, 15) is 28.2 Å². The number of likely N-dealkylation sites (tertiary alicyclic amines) is 1. The quantitative estimate of drug-likeness (QED) is 0.680. The summed E-state index contributed by atoms with van der Waals surface area (Å²) in [6.07, 6.45) is -2.91. The molecule has 164 valence electrons. The molecule has 0 bridgehead atoms. The molecule has 1 saturated heterocycles. The Hall–Kier alpha value is -2.55. The highest BCUT2D eigenvalue weighted by molar-refractivity contribution is 5.86. The molecule has 2 heterocycles. The van der Waals surface area contributed by atoms with E-state index in [4.69, 9.17) is 5.73 Å². The first kappa shape index (κ1) is 22.1. The van der Waals surface area contributed by atoms with Gasteiger partial charge in [0.2, 0.25) is 5.91 Å². The van der Waals surface area contributed by atoms with E-state index in [0.29, 0.717) is 25.8 Å². The SMILES string of the molecule is CC[C@H](N)C(=O)N1CC(CCc2c(O)c(C(F)(F)F)nc3ccc(O)cc23)CC1C. The molecule has 1 aromatic heterocycles. The van der Waals surface area contributed by atoms with Crippen LogP contribution in [0.4, 0.5) is 13.2 Å². The van der Waals surface area contributed by atoms with Gasteiger partial charge in [-0.3, -0.25) is 4.79 Å². The molecule has 3 atom stereocenters. The number of aromatic nitrogens is 1. The molecule has 0 aliphatic carbocycles. The first-order valence-corrected chi connectivity index (χ1v) is 10.0. The zero-order valence-electron chi connectivity index (χ0n) is 16.9. The molecule has 6 nitrogen and oxygen atoms in total. The summed E-state index contributed by atoms with van der Waals surface area (Å²) in [4.78, 5) is 17.7. The van der Waals surface area contributed by atoms with Crippen molar-refractivity contribution in [2.45, 2.75) is 57.8 Å². The van der Waals surface area contributed by atoms with Crippen molar-refractivity contribution < 1.29 is 28.2 Å². The molecule has 9 heteroatoms. The van der Waals surface area contributed by atoms with E-state index in [1.165, 1.54) is 18.2 Å². The van der Waals surface area contributed by atoms with Crippen molar-refractivity contribution in [3.63, 3.8) is 0 Å². The van der Waals surface area contributed by atoms with Gasteiger partial charge >= 0.3 is 6.18 Å². The molecule has 1 aliphatic rings. The highest BCUT2D eigenvalue weighted by atomic mass is 19.4. The molecule has 4 N–H and O–H groups in total. The van der Waals surface area contributed by atoms with E-state index in [-0.39, 0.29) is 46.5 Å². The lowest BCUT2D eigenvalue weighted by molar-refractivity contribution is -0.142. The van der Waals surface area contributed by atoms with Crippen LogP contribution in [0.2, 0.25) is 0 Å². The number of rotatable bonds is 5. The number of pyridine rings is 1. The van der Waals surface area contributed by atoms with Gasteiger partial charge in [0.05, 0.1) is 11.6 Å². The third kappa shape index (κ3) is 4.30. The Kier molecular flexibility index (Phi) is 6.12. The molecular weight excluding hydrogens is 399 g/mol. The molecule has 2 aromatic rings. The number of fused-ring (bicyclic) bond motifs is 1. The van der Waals surface area contributed by atoms with E-state index in [1.807, 2.05) is 13.8 Å².